The molecular formula is C42H64O2S2. The van der Waals surface area contributed by atoms with Crippen LogP contribution in [-0.4, -0.2) is 13.2 Å². The number of ether oxygens (including phenoxy) is 2. The molecule has 0 unspecified atom stereocenters. The number of benzene rings is 2. The molecule has 0 atom stereocenters. The zero-order valence-electron chi connectivity index (χ0n) is 29.5. The molecule has 0 aliphatic rings. The first-order valence-corrected chi connectivity index (χ1v) is 21.2. The Morgan fingerprint density at radius 3 is 1.04 bits per heavy atom. The average molecular weight is 665 g/mol. The minimum atomic E-state index is 0.792. The van der Waals surface area contributed by atoms with Gasteiger partial charge in [-0.1, -0.05) is 155 Å². The fourth-order valence-electron chi connectivity index (χ4n) is 6.84. The highest BCUT2D eigenvalue weighted by Gasteiger charge is 2.17. The van der Waals surface area contributed by atoms with E-state index in [1.54, 1.807) is 22.7 Å². The molecule has 46 heavy (non-hydrogen) atoms. The lowest BCUT2D eigenvalue weighted by Crippen LogP contribution is -2.01. The van der Waals surface area contributed by atoms with Gasteiger partial charge in [0.15, 0.2) is 0 Å². The van der Waals surface area contributed by atoms with Crippen molar-refractivity contribution in [1.29, 1.82) is 0 Å². The van der Waals surface area contributed by atoms with Crippen molar-refractivity contribution in [1.82, 2.24) is 0 Å². The van der Waals surface area contributed by atoms with E-state index in [-0.39, 0.29) is 0 Å². The third-order valence-corrected chi connectivity index (χ3v) is 11.5. The van der Waals surface area contributed by atoms with Crippen molar-refractivity contribution in [2.24, 2.45) is 0 Å². The van der Waals surface area contributed by atoms with E-state index in [9.17, 15) is 0 Å². The van der Waals surface area contributed by atoms with Crippen LogP contribution >= 0.6 is 22.7 Å². The fraction of sp³-hybridized carbons (Fsp3) is 0.667. The van der Waals surface area contributed by atoms with Gasteiger partial charge in [0.2, 0.25) is 0 Å². The van der Waals surface area contributed by atoms with Gasteiger partial charge in [0.05, 0.1) is 22.6 Å². The molecule has 2 aromatic carbocycles. The van der Waals surface area contributed by atoms with Gasteiger partial charge in [0, 0.05) is 10.8 Å². The Morgan fingerprint density at radius 2 is 0.717 bits per heavy atom. The highest BCUT2D eigenvalue weighted by atomic mass is 32.1. The minimum absolute atomic E-state index is 0.792. The lowest BCUT2D eigenvalue weighted by Gasteiger charge is -2.15. The van der Waals surface area contributed by atoms with Crippen LogP contribution in [0.4, 0.5) is 0 Å². The molecule has 0 N–H and O–H groups in total. The van der Waals surface area contributed by atoms with Crippen molar-refractivity contribution < 1.29 is 9.47 Å². The number of hydrogen-bond donors (Lipinski definition) is 0. The number of fused-ring (bicyclic) bond motifs is 3. The molecule has 0 radical (unpaired) electrons. The summed E-state index contributed by atoms with van der Waals surface area (Å²) >= 11 is 3.60. The molecule has 2 nitrogen and oxygen atoms in total. The molecule has 0 aliphatic heterocycles. The molecule has 2 heterocycles. The third-order valence-electron chi connectivity index (χ3n) is 9.67. The second-order valence-corrected chi connectivity index (χ2v) is 15.5. The quantitative estimate of drug-likeness (QED) is 0.0563. The number of rotatable bonds is 28. The van der Waals surface area contributed by atoms with E-state index < -0.39 is 0 Å². The Labute approximate surface area is 289 Å². The monoisotopic (exact) mass is 664 g/mol. The fourth-order valence-corrected chi connectivity index (χ4v) is 8.62. The standard InChI is InChI=1S/C42H64O2S2/c1-3-5-7-9-11-13-15-17-19-21-23-25-29-43-39-37-33-36-28-32-46-42(36)40(38(37)34-35-27-31-45-41(35)39)44-30-26-24-22-20-18-16-14-12-10-8-6-4-2/h27-28,31-34H,3-26,29-30H2,1-2H3. The highest BCUT2D eigenvalue weighted by Crippen LogP contribution is 2.46. The maximum atomic E-state index is 6.64. The van der Waals surface area contributed by atoms with Gasteiger partial charge in [-0.15, -0.1) is 22.7 Å². The number of unbranched alkanes of at least 4 members (excludes halogenated alkanes) is 22. The van der Waals surface area contributed by atoms with E-state index in [2.05, 4.69) is 48.9 Å². The first-order valence-electron chi connectivity index (χ1n) is 19.4. The van der Waals surface area contributed by atoms with Crippen molar-refractivity contribution in [3.63, 3.8) is 0 Å². The molecule has 4 heteroatoms. The summed E-state index contributed by atoms with van der Waals surface area (Å²) in [6.07, 6.45) is 32.7. The average Bonchev–Trinajstić information content (AvgIpc) is 3.74. The lowest BCUT2D eigenvalue weighted by molar-refractivity contribution is 0.308. The van der Waals surface area contributed by atoms with Crippen molar-refractivity contribution in [2.45, 2.75) is 168 Å². The Bertz CT molecular complexity index is 1250. The first kappa shape index (κ1) is 37.0. The second-order valence-electron chi connectivity index (χ2n) is 13.7. The van der Waals surface area contributed by atoms with Crippen LogP contribution in [0.5, 0.6) is 11.5 Å². The summed E-state index contributed by atoms with van der Waals surface area (Å²) in [4.78, 5) is 0. The van der Waals surface area contributed by atoms with E-state index >= 15 is 0 Å². The minimum Gasteiger partial charge on any atom is -0.491 e. The Hall–Kier alpha value is -1.78. The van der Waals surface area contributed by atoms with Gasteiger partial charge < -0.3 is 9.47 Å². The smallest absolute Gasteiger partial charge is 0.145 e. The highest BCUT2D eigenvalue weighted by molar-refractivity contribution is 7.18. The SMILES string of the molecule is CCCCCCCCCCCCCCOc1c2cc3ccsc3c(OCCCCCCCCCCCCCC)c2cc2ccsc12. The molecule has 0 saturated carbocycles. The van der Waals surface area contributed by atoms with Crippen LogP contribution in [0.2, 0.25) is 0 Å². The van der Waals surface area contributed by atoms with E-state index in [1.807, 2.05) is 0 Å². The maximum Gasteiger partial charge on any atom is 0.145 e. The van der Waals surface area contributed by atoms with Gasteiger partial charge in [-0.05, 0) is 58.6 Å². The zero-order valence-corrected chi connectivity index (χ0v) is 31.1. The molecule has 0 spiro atoms. The van der Waals surface area contributed by atoms with Gasteiger partial charge in [-0.2, -0.15) is 0 Å². The molecule has 0 saturated heterocycles. The summed E-state index contributed by atoms with van der Waals surface area (Å²) in [5, 5.41) is 9.38. The van der Waals surface area contributed by atoms with Gasteiger partial charge in [-0.25, -0.2) is 0 Å². The molecule has 4 aromatic rings. The molecule has 0 bridgehead atoms. The van der Waals surface area contributed by atoms with Crippen LogP contribution in [0, 0.1) is 0 Å². The molecular weight excluding hydrogens is 601 g/mol. The van der Waals surface area contributed by atoms with Crippen LogP contribution in [-0.2, 0) is 0 Å². The molecule has 0 aliphatic carbocycles. The van der Waals surface area contributed by atoms with Gasteiger partial charge in [0.1, 0.15) is 11.5 Å². The van der Waals surface area contributed by atoms with E-state index in [1.165, 1.54) is 172 Å². The summed E-state index contributed by atoms with van der Waals surface area (Å²) in [5.41, 5.74) is 0. The first-order chi connectivity index (χ1) is 22.8. The third kappa shape index (κ3) is 12.3. The normalized spacial score (nSPS) is 11.8. The van der Waals surface area contributed by atoms with E-state index in [0.717, 1.165) is 37.6 Å². The summed E-state index contributed by atoms with van der Waals surface area (Å²) < 4.78 is 15.8. The lowest BCUT2D eigenvalue weighted by atomic mass is 10.0. The Balaban J connectivity index is 1.23. The van der Waals surface area contributed by atoms with Crippen molar-refractivity contribution in [3.8, 4) is 11.5 Å². The van der Waals surface area contributed by atoms with Gasteiger partial charge in [-0.3, -0.25) is 0 Å². The summed E-state index contributed by atoms with van der Waals surface area (Å²) in [7, 11) is 0. The van der Waals surface area contributed by atoms with E-state index in [4.69, 9.17) is 9.47 Å². The number of hydrogen-bond acceptors (Lipinski definition) is 4. The molecule has 2 aromatic heterocycles. The summed E-state index contributed by atoms with van der Waals surface area (Å²) in [5.74, 6) is 2.13. The van der Waals surface area contributed by atoms with Crippen LogP contribution in [0.25, 0.3) is 30.9 Å². The molecule has 4 rings (SSSR count). The van der Waals surface area contributed by atoms with Crippen molar-refractivity contribution >= 4 is 53.6 Å². The predicted octanol–water partition coefficient (Wildman–Crippen LogP) is 15.4. The molecule has 0 amide bonds. The zero-order chi connectivity index (χ0) is 32.1. The largest absolute Gasteiger partial charge is 0.491 e. The predicted molar refractivity (Wildman–Crippen MR) is 208 cm³/mol. The van der Waals surface area contributed by atoms with Crippen LogP contribution in [0.1, 0.15) is 168 Å². The molecule has 0 fully saturated rings. The maximum absolute atomic E-state index is 6.64. The Morgan fingerprint density at radius 1 is 0.413 bits per heavy atom. The summed E-state index contributed by atoms with van der Waals surface area (Å²) in [6, 6.07) is 9.16. The van der Waals surface area contributed by atoms with Crippen molar-refractivity contribution in [2.75, 3.05) is 13.2 Å². The van der Waals surface area contributed by atoms with Gasteiger partial charge >= 0.3 is 0 Å². The van der Waals surface area contributed by atoms with Crippen LogP contribution in [0.3, 0.4) is 0 Å². The topological polar surface area (TPSA) is 18.5 Å². The van der Waals surface area contributed by atoms with E-state index in [0.29, 0.717) is 0 Å². The van der Waals surface area contributed by atoms with Crippen LogP contribution in [0.15, 0.2) is 35.0 Å². The Kier molecular flexibility index (Phi) is 18.3. The number of thiophene rings is 2. The molecule has 256 valence electrons. The van der Waals surface area contributed by atoms with Gasteiger partial charge in [0.25, 0.3) is 0 Å². The van der Waals surface area contributed by atoms with Crippen molar-refractivity contribution in [3.05, 3.63) is 35.0 Å². The van der Waals surface area contributed by atoms with Crippen LogP contribution < -0.4 is 9.47 Å². The summed E-state index contributed by atoms with van der Waals surface area (Å²) in [6.45, 7) is 6.18. The second kappa shape index (κ2) is 22.7.